The third kappa shape index (κ3) is 3.44. The van der Waals surface area contributed by atoms with Gasteiger partial charge in [-0.15, -0.1) is 0 Å². The van der Waals surface area contributed by atoms with Gasteiger partial charge < -0.3 is 4.79 Å². The fraction of sp³-hybridized carbons (Fsp3) is 0.143. The molecule has 1 aromatic heterocycles. The smallest absolute Gasteiger partial charge is 0.129 e. The Labute approximate surface area is 165 Å². The molecule has 5 heteroatoms. The number of benzene rings is 2. The average Bonchev–Trinajstić information content (AvgIpc) is 2.61. The molecule has 3 rings (SSSR count). The van der Waals surface area contributed by atoms with E-state index < -0.39 is 11.2 Å². The number of aromatic nitrogens is 1. The van der Waals surface area contributed by atoms with Crippen LogP contribution >= 0.6 is 27.5 Å². The first kappa shape index (κ1) is 18.7. The molecular formula is C21H16BrClFNO. The molecule has 0 saturated heterocycles. The Morgan fingerprint density at radius 3 is 2.46 bits per heavy atom. The van der Waals surface area contributed by atoms with Crippen molar-refractivity contribution in [1.82, 2.24) is 4.98 Å². The zero-order valence-electron chi connectivity index (χ0n) is 14.0. The molecule has 0 aliphatic heterocycles. The summed E-state index contributed by atoms with van der Waals surface area (Å²) < 4.78 is 15.9. The summed E-state index contributed by atoms with van der Waals surface area (Å²) >= 11 is 9.38. The molecule has 0 bridgehead atoms. The zero-order chi connectivity index (χ0) is 18.7. The molecule has 1 heterocycles. The van der Waals surface area contributed by atoms with Crippen LogP contribution in [0.25, 0.3) is 0 Å². The Kier molecular flexibility index (Phi) is 5.54. The number of carbonyl (C=O) groups is 1. The highest BCUT2D eigenvalue weighted by molar-refractivity contribution is 9.10. The first-order valence-electron chi connectivity index (χ1n) is 8.06. The number of aldehydes is 1. The van der Waals surface area contributed by atoms with Crippen LogP contribution in [0.3, 0.4) is 0 Å². The third-order valence-electron chi connectivity index (χ3n) is 4.51. The van der Waals surface area contributed by atoms with Crippen molar-refractivity contribution < 1.29 is 9.18 Å². The number of halogens is 3. The maximum Gasteiger partial charge on any atom is 0.129 e. The van der Waals surface area contributed by atoms with Gasteiger partial charge in [-0.1, -0.05) is 45.7 Å². The van der Waals surface area contributed by atoms with E-state index >= 15 is 0 Å². The molecule has 132 valence electrons. The van der Waals surface area contributed by atoms with E-state index in [2.05, 4.69) is 20.9 Å². The fourth-order valence-corrected chi connectivity index (χ4v) is 3.75. The van der Waals surface area contributed by atoms with Crippen molar-refractivity contribution in [3.8, 4) is 0 Å². The number of rotatable bonds is 5. The molecule has 0 fully saturated rings. The highest BCUT2D eigenvalue weighted by Gasteiger charge is 2.38. The molecule has 0 saturated carbocycles. The number of hydrogen-bond acceptors (Lipinski definition) is 2. The van der Waals surface area contributed by atoms with Gasteiger partial charge in [-0.3, -0.25) is 4.98 Å². The monoisotopic (exact) mass is 431 g/mol. The van der Waals surface area contributed by atoms with E-state index in [1.54, 1.807) is 18.3 Å². The fourth-order valence-electron chi connectivity index (χ4n) is 3.33. The number of pyridine rings is 1. The Hall–Kier alpha value is -2.04. The topological polar surface area (TPSA) is 30.0 Å². The van der Waals surface area contributed by atoms with E-state index in [1.807, 2.05) is 43.3 Å². The zero-order valence-corrected chi connectivity index (χ0v) is 16.4. The quantitative estimate of drug-likeness (QED) is 0.472. The molecule has 2 nitrogen and oxygen atoms in total. The minimum absolute atomic E-state index is 0.0939. The Morgan fingerprint density at radius 2 is 1.85 bits per heavy atom. The molecular weight excluding hydrogens is 417 g/mol. The number of carbonyl (C=O) groups excluding carboxylic acids is 1. The van der Waals surface area contributed by atoms with Crippen LogP contribution in [0.5, 0.6) is 0 Å². The Balaban J connectivity index is 2.38. The molecule has 0 spiro atoms. The standard InChI is InChI=1S/C21H16BrClFNO/c1-14-12-16(8-10-25-14)21(9-11-26,15-2-4-17(22)5-3-15)19-7-6-18(23)13-20(19)24/h2-8,10-13H,9H2,1H3. The molecule has 2 aromatic carbocycles. The van der Waals surface area contributed by atoms with Gasteiger partial charge in [0.05, 0.1) is 5.41 Å². The van der Waals surface area contributed by atoms with Gasteiger partial charge in [-0.25, -0.2) is 4.39 Å². The van der Waals surface area contributed by atoms with Crippen molar-refractivity contribution in [1.29, 1.82) is 0 Å². The minimum Gasteiger partial charge on any atom is -0.303 e. The molecule has 1 atom stereocenters. The Morgan fingerprint density at radius 1 is 1.12 bits per heavy atom. The predicted octanol–water partition coefficient (Wildman–Crippen LogP) is 5.87. The number of hydrogen-bond donors (Lipinski definition) is 0. The van der Waals surface area contributed by atoms with Crippen LogP contribution in [0.4, 0.5) is 4.39 Å². The van der Waals surface area contributed by atoms with Crippen molar-refractivity contribution in [2.75, 3.05) is 0 Å². The molecule has 0 N–H and O–H groups in total. The normalized spacial score (nSPS) is 13.2. The lowest BCUT2D eigenvalue weighted by molar-refractivity contribution is -0.108. The van der Waals surface area contributed by atoms with E-state index in [9.17, 15) is 9.18 Å². The third-order valence-corrected chi connectivity index (χ3v) is 5.27. The van der Waals surface area contributed by atoms with E-state index in [0.29, 0.717) is 10.6 Å². The van der Waals surface area contributed by atoms with Crippen molar-refractivity contribution in [2.45, 2.75) is 18.8 Å². The van der Waals surface area contributed by atoms with Crippen molar-refractivity contribution in [2.24, 2.45) is 0 Å². The molecule has 1 unspecified atom stereocenters. The summed E-state index contributed by atoms with van der Waals surface area (Å²) in [7, 11) is 0. The summed E-state index contributed by atoms with van der Waals surface area (Å²) in [5.41, 5.74) is 1.86. The summed E-state index contributed by atoms with van der Waals surface area (Å²) in [6.45, 7) is 1.87. The lowest BCUT2D eigenvalue weighted by Crippen LogP contribution is -2.31. The summed E-state index contributed by atoms with van der Waals surface area (Å²) in [6.07, 6.45) is 2.60. The van der Waals surface area contributed by atoms with Gasteiger partial charge in [-0.2, -0.15) is 0 Å². The van der Waals surface area contributed by atoms with E-state index in [1.165, 1.54) is 6.07 Å². The maximum atomic E-state index is 15.0. The van der Waals surface area contributed by atoms with E-state index in [4.69, 9.17) is 11.6 Å². The predicted molar refractivity (Wildman–Crippen MR) is 105 cm³/mol. The second-order valence-electron chi connectivity index (χ2n) is 6.09. The molecule has 0 aliphatic rings. The summed E-state index contributed by atoms with van der Waals surface area (Å²) in [5, 5.41) is 0.313. The highest BCUT2D eigenvalue weighted by Crippen LogP contribution is 2.43. The average molecular weight is 433 g/mol. The van der Waals surface area contributed by atoms with Crippen molar-refractivity contribution in [3.63, 3.8) is 0 Å². The highest BCUT2D eigenvalue weighted by atomic mass is 79.9. The minimum atomic E-state index is -0.967. The molecule has 0 radical (unpaired) electrons. The largest absolute Gasteiger partial charge is 0.303 e. The van der Waals surface area contributed by atoms with Gasteiger partial charge in [-0.05, 0) is 54.4 Å². The summed E-state index contributed by atoms with van der Waals surface area (Å²) in [4.78, 5) is 15.9. The van der Waals surface area contributed by atoms with Crippen LogP contribution in [-0.2, 0) is 10.2 Å². The molecule has 3 aromatic rings. The molecule has 26 heavy (non-hydrogen) atoms. The van der Waals surface area contributed by atoms with Crippen LogP contribution in [-0.4, -0.2) is 11.3 Å². The van der Waals surface area contributed by atoms with Gasteiger partial charge in [0.2, 0.25) is 0 Å². The van der Waals surface area contributed by atoms with Gasteiger partial charge in [0.15, 0.2) is 0 Å². The lowest BCUT2D eigenvalue weighted by atomic mass is 9.67. The van der Waals surface area contributed by atoms with Crippen LogP contribution in [0.15, 0.2) is 65.3 Å². The summed E-state index contributed by atoms with van der Waals surface area (Å²) in [6, 6.07) is 15.9. The van der Waals surface area contributed by atoms with E-state index in [-0.39, 0.29) is 6.42 Å². The second-order valence-corrected chi connectivity index (χ2v) is 7.45. The second kappa shape index (κ2) is 7.68. The van der Waals surface area contributed by atoms with Crippen LogP contribution in [0.2, 0.25) is 5.02 Å². The van der Waals surface area contributed by atoms with Crippen LogP contribution in [0.1, 0.15) is 28.8 Å². The first-order valence-corrected chi connectivity index (χ1v) is 9.23. The van der Waals surface area contributed by atoms with E-state index in [0.717, 1.165) is 27.6 Å². The van der Waals surface area contributed by atoms with Gasteiger partial charge in [0.1, 0.15) is 12.1 Å². The maximum absolute atomic E-state index is 15.0. The Bertz CT molecular complexity index is 945. The van der Waals surface area contributed by atoms with Crippen LogP contribution in [0, 0.1) is 12.7 Å². The number of nitrogens with zero attached hydrogens (tertiary/aromatic N) is 1. The summed E-state index contributed by atoms with van der Waals surface area (Å²) in [5.74, 6) is -0.447. The van der Waals surface area contributed by atoms with Crippen molar-refractivity contribution in [3.05, 3.63) is 98.5 Å². The molecule has 0 amide bonds. The molecule has 0 aliphatic carbocycles. The lowest BCUT2D eigenvalue weighted by Gasteiger charge is -2.35. The van der Waals surface area contributed by atoms with Gasteiger partial charge in [0.25, 0.3) is 0 Å². The SMILES string of the molecule is Cc1cc(C(CC=O)(c2ccc(Br)cc2)c2ccc(Cl)cc2F)ccn1. The van der Waals surface area contributed by atoms with Crippen molar-refractivity contribution >= 4 is 33.8 Å². The van der Waals surface area contributed by atoms with Gasteiger partial charge in [0, 0.05) is 33.4 Å². The van der Waals surface area contributed by atoms with Gasteiger partial charge >= 0.3 is 0 Å². The number of aryl methyl sites for hydroxylation is 1. The first-order chi connectivity index (χ1) is 12.5. The van der Waals surface area contributed by atoms with Crippen LogP contribution < -0.4 is 0 Å².